The third-order valence-corrected chi connectivity index (χ3v) is 3.31. The van der Waals surface area contributed by atoms with Crippen LogP contribution in [-0.2, 0) is 0 Å². The molecular formula is C12H18ClN3O. The van der Waals surface area contributed by atoms with Gasteiger partial charge in [0.25, 0.3) is 0 Å². The van der Waals surface area contributed by atoms with Crippen molar-refractivity contribution >= 4 is 17.3 Å². The van der Waals surface area contributed by atoms with Crippen LogP contribution in [0.3, 0.4) is 0 Å². The topological polar surface area (TPSA) is 64.5 Å². The number of likely N-dealkylation sites (tertiary alicyclic amines) is 1. The Bertz CT molecular complexity index is 386. The van der Waals surface area contributed by atoms with Gasteiger partial charge in [-0.2, -0.15) is 0 Å². The first-order chi connectivity index (χ1) is 8.19. The van der Waals surface area contributed by atoms with E-state index in [1.807, 2.05) is 0 Å². The lowest BCUT2D eigenvalue weighted by Gasteiger charge is -2.17. The van der Waals surface area contributed by atoms with E-state index in [2.05, 4.69) is 4.90 Å². The lowest BCUT2D eigenvalue weighted by atomic mass is 10.1. The number of halogens is 1. The molecule has 1 aliphatic heterocycles. The lowest BCUT2D eigenvalue weighted by Crippen LogP contribution is -2.27. The van der Waals surface area contributed by atoms with Crippen molar-refractivity contribution in [3.05, 3.63) is 23.2 Å². The van der Waals surface area contributed by atoms with Crippen LogP contribution < -0.4 is 16.2 Å². The van der Waals surface area contributed by atoms with E-state index in [1.165, 1.54) is 0 Å². The number of rotatable bonds is 4. The Labute approximate surface area is 106 Å². The van der Waals surface area contributed by atoms with Crippen LogP contribution in [0.1, 0.15) is 6.42 Å². The van der Waals surface area contributed by atoms with E-state index in [0.29, 0.717) is 29.1 Å². The molecule has 4 nitrogen and oxygen atoms in total. The average molecular weight is 256 g/mol. The Kier molecular flexibility index (Phi) is 4.10. The van der Waals surface area contributed by atoms with Crippen molar-refractivity contribution in [1.29, 1.82) is 0 Å². The van der Waals surface area contributed by atoms with E-state index in [0.717, 1.165) is 26.1 Å². The van der Waals surface area contributed by atoms with Gasteiger partial charge in [0.15, 0.2) is 0 Å². The first-order valence-electron chi connectivity index (χ1n) is 5.79. The number of nitrogens with zero attached hydrogens (tertiary/aromatic N) is 1. The summed E-state index contributed by atoms with van der Waals surface area (Å²) in [4.78, 5) is 2.24. The van der Waals surface area contributed by atoms with Crippen molar-refractivity contribution in [3.63, 3.8) is 0 Å². The van der Waals surface area contributed by atoms with E-state index in [1.54, 1.807) is 18.2 Å². The van der Waals surface area contributed by atoms with E-state index in [4.69, 9.17) is 27.8 Å². The third kappa shape index (κ3) is 3.25. The summed E-state index contributed by atoms with van der Waals surface area (Å²) in [7, 11) is 0. The van der Waals surface area contributed by atoms with Crippen LogP contribution in [0, 0.1) is 5.92 Å². The molecule has 17 heavy (non-hydrogen) atoms. The fourth-order valence-electron chi connectivity index (χ4n) is 2.03. The minimum Gasteiger partial charge on any atom is -0.476 e. The van der Waals surface area contributed by atoms with Crippen molar-refractivity contribution in [2.24, 2.45) is 11.7 Å². The highest BCUT2D eigenvalue weighted by Gasteiger charge is 2.21. The van der Waals surface area contributed by atoms with Gasteiger partial charge in [0, 0.05) is 18.1 Å². The molecule has 4 N–H and O–H groups in total. The van der Waals surface area contributed by atoms with E-state index < -0.39 is 0 Å². The third-order valence-electron chi connectivity index (χ3n) is 3.08. The fourth-order valence-corrected chi connectivity index (χ4v) is 2.21. The molecule has 1 aliphatic rings. The minimum absolute atomic E-state index is 0.558. The van der Waals surface area contributed by atoms with Gasteiger partial charge in [-0.15, -0.1) is 0 Å². The van der Waals surface area contributed by atoms with Gasteiger partial charge in [0.05, 0.1) is 5.69 Å². The summed E-state index contributed by atoms with van der Waals surface area (Å²) < 4.78 is 5.67. The zero-order chi connectivity index (χ0) is 12.3. The molecule has 1 unspecified atom stereocenters. The van der Waals surface area contributed by atoms with Crippen LogP contribution in [-0.4, -0.2) is 31.3 Å². The minimum atomic E-state index is 0.558. The first-order valence-corrected chi connectivity index (χ1v) is 6.17. The SMILES string of the molecule is NCC1CCN(COc2ccc(Cl)cc2N)C1. The molecule has 0 spiro atoms. The summed E-state index contributed by atoms with van der Waals surface area (Å²) >= 11 is 5.82. The van der Waals surface area contributed by atoms with E-state index in [9.17, 15) is 0 Å². The van der Waals surface area contributed by atoms with Gasteiger partial charge in [-0.25, -0.2) is 0 Å². The highest BCUT2D eigenvalue weighted by molar-refractivity contribution is 6.30. The molecule has 0 saturated carbocycles. The van der Waals surface area contributed by atoms with Crippen LogP contribution in [0.25, 0.3) is 0 Å². The highest BCUT2D eigenvalue weighted by Crippen LogP contribution is 2.25. The molecule has 0 aromatic heterocycles. The van der Waals surface area contributed by atoms with Gasteiger partial charge in [-0.05, 0) is 37.1 Å². The molecule has 0 radical (unpaired) electrons. The predicted molar refractivity (Wildman–Crippen MR) is 70.1 cm³/mol. The second-order valence-electron chi connectivity index (χ2n) is 4.42. The quantitative estimate of drug-likeness (QED) is 0.801. The maximum Gasteiger partial charge on any atom is 0.144 e. The van der Waals surface area contributed by atoms with Gasteiger partial charge < -0.3 is 16.2 Å². The Morgan fingerprint density at radius 2 is 2.29 bits per heavy atom. The molecule has 1 atom stereocenters. The molecule has 1 aromatic carbocycles. The Morgan fingerprint density at radius 1 is 1.47 bits per heavy atom. The number of nitrogen functional groups attached to an aromatic ring is 1. The second kappa shape index (κ2) is 5.58. The summed E-state index contributed by atoms with van der Waals surface area (Å²) in [5.41, 5.74) is 12.0. The zero-order valence-corrected chi connectivity index (χ0v) is 10.5. The van der Waals surface area contributed by atoms with Crippen molar-refractivity contribution in [2.45, 2.75) is 6.42 Å². The molecule has 1 aromatic rings. The zero-order valence-electron chi connectivity index (χ0n) is 9.73. The van der Waals surface area contributed by atoms with Crippen molar-refractivity contribution in [1.82, 2.24) is 4.90 Å². The van der Waals surface area contributed by atoms with Gasteiger partial charge in [-0.1, -0.05) is 11.6 Å². The van der Waals surface area contributed by atoms with Crippen molar-refractivity contribution in [2.75, 3.05) is 32.1 Å². The van der Waals surface area contributed by atoms with Crippen LogP contribution in [0.2, 0.25) is 5.02 Å². The van der Waals surface area contributed by atoms with Crippen LogP contribution in [0.4, 0.5) is 5.69 Å². The molecule has 0 amide bonds. The molecule has 5 heteroatoms. The van der Waals surface area contributed by atoms with E-state index >= 15 is 0 Å². The fraction of sp³-hybridized carbons (Fsp3) is 0.500. The van der Waals surface area contributed by atoms with Gasteiger partial charge >= 0.3 is 0 Å². The average Bonchev–Trinajstić information content (AvgIpc) is 2.76. The predicted octanol–water partition coefficient (Wildman–Crippen LogP) is 1.54. The first kappa shape index (κ1) is 12.5. The highest BCUT2D eigenvalue weighted by atomic mass is 35.5. The number of hydrogen-bond donors (Lipinski definition) is 2. The molecule has 1 fully saturated rings. The maximum absolute atomic E-state index is 5.82. The monoisotopic (exact) mass is 255 g/mol. The summed E-state index contributed by atoms with van der Waals surface area (Å²) in [6.45, 7) is 3.35. The molecule has 2 rings (SSSR count). The standard InChI is InChI=1S/C12H18ClN3O/c13-10-1-2-12(11(15)5-10)17-8-16-4-3-9(6-14)7-16/h1-2,5,9H,3-4,6-8,14-15H2. The lowest BCUT2D eigenvalue weighted by molar-refractivity contribution is 0.149. The molecule has 94 valence electrons. The summed E-state index contributed by atoms with van der Waals surface area (Å²) in [6, 6.07) is 5.28. The summed E-state index contributed by atoms with van der Waals surface area (Å²) in [6.07, 6.45) is 1.15. The van der Waals surface area contributed by atoms with Crippen molar-refractivity contribution < 1.29 is 4.74 Å². The maximum atomic E-state index is 5.82. The number of hydrogen-bond acceptors (Lipinski definition) is 4. The number of benzene rings is 1. The van der Waals surface area contributed by atoms with E-state index in [-0.39, 0.29) is 0 Å². The van der Waals surface area contributed by atoms with Crippen LogP contribution in [0.15, 0.2) is 18.2 Å². The van der Waals surface area contributed by atoms with Crippen LogP contribution in [0.5, 0.6) is 5.75 Å². The second-order valence-corrected chi connectivity index (χ2v) is 4.86. The van der Waals surface area contributed by atoms with Crippen molar-refractivity contribution in [3.8, 4) is 5.75 Å². The normalized spacial score (nSPS) is 20.7. The van der Waals surface area contributed by atoms with Gasteiger partial charge in [0.1, 0.15) is 12.5 Å². The smallest absolute Gasteiger partial charge is 0.144 e. The molecule has 0 bridgehead atoms. The number of ether oxygens (including phenoxy) is 1. The number of anilines is 1. The summed E-state index contributed by atoms with van der Waals surface area (Å²) in [5, 5.41) is 0.624. The largest absolute Gasteiger partial charge is 0.476 e. The van der Waals surface area contributed by atoms with Gasteiger partial charge in [0.2, 0.25) is 0 Å². The Morgan fingerprint density at radius 3 is 2.94 bits per heavy atom. The molecule has 1 heterocycles. The molecule has 0 aliphatic carbocycles. The van der Waals surface area contributed by atoms with Crippen LogP contribution >= 0.6 is 11.6 Å². The summed E-state index contributed by atoms with van der Waals surface area (Å²) in [5.74, 6) is 1.28. The molecular weight excluding hydrogens is 238 g/mol. The van der Waals surface area contributed by atoms with Gasteiger partial charge in [-0.3, -0.25) is 4.90 Å². The Balaban J connectivity index is 1.86. The number of nitrogens with two attached hydrogens (primary N) is 2. The Hall–Kier alpha value is -0.970. The molecule has 1 saturated heterocycles.